The van der Waals surface area contributed by atoms with Gasteiger partial charge in [-0.05, 0) is 42.5 Å². The van der Waals surface area contributed by atoms with Gasteiger partial charge in [0.15, 0.2) is 0 Å². The van der Waals surface area contributed by atoms with Crippen molar-refractivity contribution in [3.05, 3.63) is 132 Å². The van der Waals surface area contributed by atoms with E-state index in [1.54, 1.807) is 10.4 Å². The fraction of sp³-hybridized carbons (Fsp3) is 0.200. The molecule has 5 rings (SSSR count). The van der Waals surface area contributed by atoms with E-state index in [2.05, 4.69) is 115 Å². The molecule has 0 aromatic heterocycles. The largest absolute Gasteiger partial charge is 0.126 e. The van der Waals surface area contributed by atoms with E-state index in [9.17, 15) is 0 Å². The third-order valence-electron chi connectivity index (χ3n) is 6.93. The van der Waals surface area contributed by atoms with E-state index in [1.807, 2.05) is 0 Å². The van der Waals surface area contributed by atoms with Gasteiger partial charge in [-0.25, -0.2) is 0 Å². The maximum Gasteiger partial charge on any atom is 0.126 e. The Hall–Kier alpha value is -2.90. The molecule has 0 fully saturated rings. The number of benzene rings is 2. The second kappa shape index (κ2) is 9.07. The highest BCUT2D eigenvalue weighted by Crippen LogP contribution is 2.36. The fourth-order valence-electron chi connectivity index (χ4n) is 5.37. The minimum absolute atomic E-state index is 0.539. The Balaban J connectivity index is 1.68. The summed E-state index contributed by atoms with van der Waals surface area (Å²) in [4.78, 5) is 0. The van der Waals surface area contributed by atoms with Crippen LogP contribution in [-0.2, 0) is 0 Å². The highest BCUT2D eigenvalue weighted by Gasteiger charge is 2.39. The molecule has 0 spiro atoms. The molecule has 0 saturated heterocycles. The van der Waals surface area contributed by atoms with Crippen molar-refractivity contribution < 1.29 is 0 Å². The van der Waals surface area contributed by atoms with Crippen molar-refractivity contribution in [2.75, 3.05) is 0 Å². The highest BCUT2D eigenvalue weighted by atomic mass is 28.3. The molecule has 0 aliphatic heterocycles. The van der Waals surface area contributed by atoms with Gasteiger partial charge < -0.3 is 0 Å². The predicted octanol–water partition coefficient (Wildman–Crippen LogP) is 6.52. The number of allylic oxidation sites excluding steroid dienone is 12. The molecular formula is C30H30Si. The van der Waals surface area contributed by atoms with E-state index in [4.69, 9.17) is 0 Å². The van der Waals surface area contributed by atoms with Gasteiger partial charge in [0.25, 0.3) is 0 Å². The molecule has 1 atom stereocenters. The Morgan fingerprint density at radius 1 is 0.710 bits per heavy atom. The molecule has 2 aromatic carbocycles. The smallest absolute Gasteiger partial charge is 0.0840 e. The highest BCUT2D eigenvalue weighted by molar-refractivity contribution is 7.03. The maximum atomic E-state index is 2.48. The fourth-order valence-corrected chi connectivity index (χ4v) is 10.2. The van der Waals surface area contributed by atoms with E-state index >= 15 is 0 Å². The van der Waals surface area contributed by atoms with Crippen molar-refractivity contribution in [3.8, 4) is 0 Å². The van der Waals surface area contributed by atoms with Crippen LogP contribution in [0.25, 0.3) is 0 Å². The quantitative estimate of drug-likeness (QED) is 0.468. The van der Waals surface area contributed by atoms with E-state index in [-0.39, 0.29) is 0 Å². The van der Waals surface area contributed by atoms with Crippen LogP contribution < -0.4 is 10.4 Å². The number of rotatable bonds is 6. The normalized spacial score (nSPS) is 20.0. The summed E-state index contributed by atoms with van der Waals surface area (Å²) in [5.74, 6) is 0.539. The molecule has 0 radical (unpaired) electrons. The van der Waals surface area contributed by atoms with E-state index in [1.165, 1.54) is 29.6 Å². The van der Waals surface area contributed by atoms with Crippen LogP contribution in [0.1, 0.15) is 19.3 Å². The van der Waals surface area contributed by atoms with Crippen molar-refractivity contribution in [2.45, 2.75) is 31.4 Å². The average Bonchev–Trinajstić information content (AvgIpc) is 2.85. The molecule has 0 bridgehead atoms. The second-order valence-electron chi connectivity index (χ2n) is 8.90. The monoisotopic (exact) mass is 418 g/mol. The Bertz CT molecular complexity index is 1050. The van der Waals surface area contributed by atoms with Crippen LogP contribution in [0.4, 0.5) is 0 Å². The molecule has 3 aliphatic carbocycles. The molecule has 1 heteroatoms. The van der Waals surface area contributed by atoms with E-state index in [0.717, 1.165) is 18.5 Å². The van der Waals surface area contributed by atoms with Crippen LogP contribution >= 0.6 is 0 Å². The van der Waals surface area contributed by atoms with Gasteiger partial charge >= 0.3 is 0 Å². The van der Waals surface area contributed by atoms with Crippen LogP contribution in [0.15, 0.2) is 132 Å². The Labute approximate surface area is 187 Å². The minimum Gasteiger partial charge on any atom is -0.0840 e. The first kappa shape index (κ1) is 20.0. The zero-order valence-corrected chi connectivity index (χ0v) is 19.1. The summed E-state index contributed by atoms with van der Waals surface area (Å²) in [6, 6.07) is 25.1. The maximum absolute atomic E-state index is 2.48. The van der Waals surface area contributed by atoms with Gasteiger partial charge in [0, 0.05) is 5.92 Å². The lowest BCUT2D eigenvalue weighted by Gasteiger charge is -2.36. The van der Waals surface area contributed by atoms with Gasteiger partial charge in [0.1, 0.15) is 8.07 Å². The van der Waals surface area contributed by atoms with Crippen LogP contribution in [0, 0.1) is 5.92 Å². The molecule has 2 aromatic rings. The zero-order chi connectivity index (χ0) is 20.9. The third kappa shape index (κ3) is 4.15. The van der Waals surface area contributed by atoms with Gasteiger partial charge in [-0.1, -0.05) is 131 Å². The summed E-state index contributed by atoms with van der Waals surface area (Å²) in [5, 5.41) is 3.08. The molecule has 0 saturated carbocycles. The first-order valence-corrected chi connectivity index (χ1v) is 14.0. The molecule has 0 nitrogen and oxygen atoms in total. The molecule has 0 N–H and O–H groups in total. The van der Waals surface area contributed by atoms with E-state index in [0.29, 0.717) is 5.92 Å². The molecule has 31 heavy (non-hydrogen) atoms. The SMILES string of the molecule is C1=CC2=C(C[Si](CC3=CCCC=C3)(c3ccccc3)c3ccccc3)C=CCC2C=C1. The average molecular weight is 419 g/mol. The summed E-state index contributed by atoms with van der Waals surface area (Å²) in [5.41, 5.74) is 4.59. The van der Waals surface area contributed by atoms with Crippen LogP contribution in [0.2, 0.25) is 12.1 Å². The van der Waals surface area contributed by atoms with Gasteiger partial charge in [0.05, 0.1) is 0 Å². The lowest BCUT2D eigenvalue weighted by molar-refractivity contribution is 0.768. The van der Waals surface area contributed by atoms with Gasteiger partial charge in [-0.15, -0.1) is 0 Å². The van der Waals surface area contributed by atoms with Crippen molar-refractivity contribution in [2.24, 2.45) is 5.92 Å². The van der Waals surface area contributed by atoms with Gasteiger partial charge in [-0.3, -0.25) is 0 Å². The zero-order valence-electron chi connectivity index (χ0n) is 18.1. The van der Waals surface area contributed by atoms with E-state index < -0.39 is 8.07 Å². The second-order valence-corrected chi connectivity index (χ2v) is 12.9. The van der Waals surface area contributed by atoms with Gasteiger partial charge in [0.2, 0.25) is 0 Å². The Morgan fingerprint density at radius 2 is 1.45 bits per heavy atom. The molecule has 154 valence electrons. The summed E-state index contributed by atoms with van der Waals surface area (Å²) in [6.45, 7) is 0. The lowest BCUT2D eigenvalue weighted by Crippen LogP contribution is -2.58. The summed E-state index contributed by atoms with van der Waals surface area (Å²) in [6.07, 6.45) is 24.7. The first-order valence-electron chi connectivity index (χ1n) is 11.6. The molecule has 3 aliphatic rings. The molecule has 0 amide bonds. The van der Waals surface area contributed by atoms with Crippen LogP contribution in [-0.4, -0.2) is 8.07 Å². The number of hydrogen-bond donors (Lipinski definition) is 0. The third-order valence-corrected chi connectivity index (χ3v) is 11.8. The molecular weight excluding hydrogens is 388 g/mol. The van der Waals surface area contributed by atoms with Crippen molar-refractivity contribution in [3.63, 3.8) is 0 Å². The minimum atomic E-state index is -2.09. The summed E-state index contributed by atoms with van der Waals surface area (Å²) in [7, 11) is -2.09. The van der Waals surface area contributed by atoms with Crippen LogP contribution in [0.3, 0.4) is 0 Å². The first-order chi connectivity index (χ1) is 15.4. The van der Waals surface area contributed by atoms with Crippen molar-refractivity contribution in [1.29, 1.82) is 0 Å². The number of hydrogen-bond acceptors (Lipinski definition) is 0. The summed E-state index contributed by atoms with van der Waals surface area (Å²) >= 11 is 0. The van der Waals surface area contributed by atoms with Gasteiger partial charge in [-0.2, -0.15) is 0 Å². The van der Waals surface area contributed by atoms with Crippen LogP contribution in [0.5, 0.6) is 0 Å². The topological polar surface area (TPSA) is 0 Å². The number of fused-ring (bicyclic) bond motifs is 1. The summed E-state index contributed by atoms with van der Waals surface area (Å²) < 4.78 is 0. The Morgan fingerprint density at radius 3 is 2.13 bits per heavy atom. The molecule has 0 heterocycles. The van der Waals surface area contributed by atoms with Crippen molar-refractivity contribution in [1.82, 2.24) is 0 Å². The predicted molar refractivity (Wildman–Crippen MR) is 137 cm³/mol. The molecule has 1 unspecified atom stereocenters. The van der Waals surface area contributed by atoms with Crippen molar-refractivity contribution >= 4 is 18.4 Å². The Kier molecular flexibility index (Phi) is 5.86. The lowest BCUT2D eigenvalue weighted by atomic mass is 9.85. The standard InChI is InChI=1S/C30H30Si/c1-4-13-25(14-5-1)23-31(28-18-6-2-7-19-28,29-20-8-3-9-21-29)24-27-17-12-16-26-15-10-11-22-30(26)27/h2-4,6-15,17-22,26H,1,5,16,23-24H2.